The van der Waals surface area contributed by atoms with Crippen molar-refractivity contribution in [3.8, 4) is 0 Å². The molecule has 0 bridgehead atoms. The number of hydrogen-bond acceptors (Lipinski definition) is 3. The Morgan fingerprint density at radius 2 is 2.25 bits per heavy atom. The van der Waals surface area contributed by atoms with Crippen molar-refractivity contribution in [2.24, 2.45) is 5.73 Å². The van der Waals surface area contributed by atoms with Gasteiger partial charge in [0.15, 0.2) is 0 Å². The van der Waals surface area contributed by atoms with Gasteiger partial charge >= 0.3 is 0 Å². The fourth-order valence-electron chi connectivity index (χ4n) is 1.59. The molecule has 3 nitrogen and oxygen atoms in total. The molecule has 1 unspecified atom stereocenters. The lowest BCUT2D eigenvalue weighted by atomic mass is 10.1. The maximum Gasteiger partial charge on any atom is 0.237 e. The van der Waals surface area contributed by atoms with Gasteiger partial charge in [0.1, 0.15) is 0 Å². The number of rotatable bonds is 2. The van der Waals surface area contributed by atoms with Gasteiger partial charge in [-0.05, 0) is 18.6 Å². The second kappa shape index (κ2) is 5.57. The molecule has 5 heteroatoms. The topological polar surface area (TPSA) is 55.1 Å². The van der Waals surface area contributed by atoms with E-state index in [2.05, 4.69) is 17.4 Å². The first-order valence-electron chi connectivity index (χ1n) is 4.96. The van der Waals surface area contributed by atoms with Gasteiger partial charge in [-0.3, -0.25) is 4.79 Å². The number of hydrogen-bond donors (Lipinski definition) is 2. The maximum atomic E-state index is 11.5. The van der Waals surface area contributed by atoms with E-state index in [1.165, 1.54) is 10.5 Å². The van der Waals surface area contributed by atoms with Crippen LogP contribution in [0.5, 0.6) is 0 Å². The average Bonchev–Trinajstić information content (AvgIpc) is 2.62. The molecule has 0 spiro atoms. The van der Waals surface area contributed by atoms with Gasteiger partial charge in [-0.15, -0.1) is 24.2 Å². The van der Waals surface area contributed by atoms with Gasteiger partial charge in [0.2, 0.25) is 5.91 Å². The highest BCUT2D eigenvalue weighted by atomic mass is 35.5. The van der Waals surface area contributed by atoms with Crippen LogP contribution in [0.1, 0.15) is 18.5 Å². The van der Waals surface area contributed by atoms with E-state index in [-0.39, 0.29) is 24.4 Å². The quantitative estimate of drug-likeness (QED) is 0.849. The Hall–Kier alpha value is -0.710. The molecule has 0 saturated carbocycles. The summed E-state index contributed by atoms with van der Waals surface area (Å²) >= 11 is 1.77. The molecule has 1 heterocycles. The number of carbonyl (C=O) groups excluding carboxylic acids is 1. The van der Waals surface area contributed by atoms with Crippen LogP contribution in [0.15, 0.2) is 29.2 Å². The monoisotopic (exact) mass is 258 g/mol. The predicted octanol–water partition coefficient (Wildman–Crippen LogP) is 1.72. The zero-order chi connectivity index (χ0) is 10.8. The fourth-order valence-corrected chi connectivity index (χ4v) is 2.75. The van der Waals surface area contributed by atoms with E-state index in [1.807, 2.05) is 12.1 Å². The van der Waals surface area contributed by atoms with Crippen LogP contribution in [0.2, 0.25) is 0 Å². The van der Waals surface area contributed by atoms with Crippen molar-refractivity contribution in [1.82, 2.24) is 5.32 Å². The van der Waals surface area contributed by atoms with Crippen molar-refractivity contribution >= 4 is 30.1 Å². The first-order chi connectivity index (χ1) is 7.18. The highest BCUT2D eigenvalue weighted by Gasteiger charge is 2.24. The van der Waals surface area contributed by atoms with Crippen LogP contribution < -0.4 is 11.1 Å². The molecule has 0 aromatic heterocycles. The third-order valence-electron chi connectivity index (χ3n) is 2.43. The summed E-state index contributed by atoms with van der Waals surface area (Å²) in [6, 6.07) is 7.82. The van der Waals surface area contributed by atoms with E-state index in [9.17, 15) is 4.79 Å². The minimum atomic E-state index is -0.442. The van der Waals surface area contributed by atoms with E-state index in [0.717, 1.165) is 5.75 Å². The Balaban J connectivity index is 0.00000128. The highest BCUT2D eigenvalue weighted by molar-refractivity contribution is 7.99. The number of nitrogens with two attached hydrogens (primary N) is 1. The van der Waals surface area contributed by atoms with Gasteiger partial charge in [0, 0.05) is 10.6 Å². The van der Waals surface area contributed by atoms with Gasteiger partial charge < -0.3 is 11.1 Å². The van der Waals surface area contributed by atoms with Crippen LogP contribution in [0, 0.1) is 0 Å². The van der Waals surface area contributed by atoms with E-state index < -0.39 is 6.04 Å². The molecule has 1 aliphatic heterocycles. The van der Waals surface area contributed by atoms with E-state index in [1.54, 1.807) is 18.7 Å². The lowest BCUT2D eigenvalue weighted by Crippen LogP contribution is -2.40. The van der Waals surface area contributed by atoms with Crippen molar-refractivity contribution in [1.29, 1.82) is 0 Å². The third-order valence-corrected chi connectivity index (χ3v) is 3.61. The second-order valence-electron chi connectivity index (χ2n) is 3.70. The molecule has 0 saturated heterocycles. The molecule has 1 aromatic carbocycles. The summed E-state index contributed by atoms with van der Waals surface area (Å²) in [6.45, 7) is 1.70. The van der Waals surface area contributed by atoms with Crippen LogP contribution in [0.3, 0.4) is 0 Å². The summed E-state index contributed by atoms with van der Waals surface area (Å²) in [4.78, 5) is 12.7. The molecule has 1 aliphatic rings. The molecule has 0 aliphatic carbocycles. The molecule has 0 radical (unpaired) electrons. The molecule has 1 amide bonds. The zero-order valence-electron chi connectivity index (χ0n) is 8.97. The first kappa shape index (κ1) is 13.4. The molecule has 16 heavy (non-hydrogen) atoms. The number of carbonyl (C=O) groups is 1. The van der Waals surface area contributed by atoms with Crippen LogP contribution >= 0.6 is 24.2 Å². The molecular formula is C11H15ClN2OS. The Labute approximate surface area is 106 Å². The van der Waals surface area contributed by atoms with Crippen LogP contribution in [0.25, 0.3) is 0 Å². The van der Waals surface area contributed by atoms with Gasteiger partial charge in [-0.25, -0.2) is 0 Å². The lowest BCUT2D eigenvalue weighted by Gasteiger charge is -2.14. The van der Waals surface area contributed by atoms with Gasteiger partial charge in [-0.1, -0.05) is 18.2 Å². The largest absolute Gasteiger partial charge is 0.347 e. The molecular weight excluding hydrogens is 244 g/mol. The molecule has 2 atom stereocenters. The molecule has 2 rings (SSSR count). The Bertz CT molecular complexity index is 384. The lowest BCUT2D eigenvalue weighted by molar-refractivity contribution is -0.122. The van der Waals surface area contributed by atoms with Gasteiger partial charge in [0.25, 0.3) is 0 Å². The van der Waals surface area contributed by atoms with Gasteiger partial charge in [-0.2, -0.15) is 0 Å². The number of halogens is 1. The summed E-state index contributed by atoms with van der Waals surface area (Å²) in [5, 5.41) is 2.95. The minimum Gasteiger partial charge on any atom is -0.347 e. The zero-order valence-corrected chi connectivity index (χ0v) is 10.6. The summed E-state index contributed by atoms with van der Waals surface area (Å²) in [6.07, 6.45) is 0. The summed E-state index contributed by atoms with van der Waals surface area (Å²) in [5.74, 6) is 0.815. The predicted molar refractivity (Wildman–Crippen MR) is 68.9 cm³/mol. The number of fused-ring (bicyclic) bond motifs is 1. The Morgan fingerprint density at radius 3 is 2.94 bits per heavy atom. The maximum absolute atomic E-state index is 11.5. The van der Waals surface area contributed by atoms with Crippen molar-refractivity contribution in [3.63, 3.8) is 0 Å². The number of benzene rings is 1. The van der Waals surface area contributed by atoms with Crippen LogP contribution in [-0.4, -0.2) is 17.7 Å². The molecule has 0 fully saturated rings. The van der Waals surface area contributed by atoms with Crippen molar-refractivity contribution < 1.29 is 4.79 Å². The van der Waals surface area contributed by atoms with Crippen molar-refractivity contribution in [3.05, 3.63) is 29.8 Å². The van der Waals surface area contributed by atoms with Crippen molar-refractivity contribution in [2.45, 2.75) is 23.9 Å². The van der Waals surface area contributed by atoms with E-state index in [0.29, 0.717) is 0 Å². The second-order valence-corrected chi connectivity index (χ2v) is 4.76. The summed E-state index contributed by atoms with van der Waals surface area (Å²) in [5.41, 5.74) is 6.72. The highest BCUT2D eigenvalue weighted by Crippen LogP contribution is 2.37. The smallest absolute Gasteiger partial charge is 0.237 e. The van der Waals surface area contributed by atoms with E-state index in [4.69, 9.17) is 5.73 Å². The fraction of sp³-hybridized carbons (Fsp3) is 0.364. The SMILES string of the molecule is C[C@@H](N)C(=O)NC1CSc2ccccc21.Cl. The summed E-state index contributed by atoms with van der Waals surface area (Å²) in [7, 11) is 0. The van der Waals surface area contributed by atoms with E-state index >= 15 is 0 Å². The third kappa shape index (κ3) is 2.70. The standard InChI is InChI=1S/C11H14N2OS.ClH/c1-7(12)11(14)13-9-6-15-10-5-3-2-4-8(9)10;/h2-5,7,9H,6,12H2,1H3,(H,13,14);1H/t7-,9?;/m1./s1. The molecule has 3 N–H and O–H groups in total. The van der Waals surface area contributed by atoms with Crippen LogP contribution in [0.4, 0.5) is 0 Å². The normalized spacial score (nSPS) is 19.5. The first-order valence-corrected chi connectivity index (χ1v) is 5.94. The molecule has 88 valence electrons. The Kier molecular flexibility index (Phi) is 4.65. The van der Waals surface area contributed by atoms with Crippen molar-refractivity contribution in [2.75, 3.05) is 5.75 Å². The van der Waals surface area contributed by atoms with Crippen LogP contribution in [-0.2, 0) is 4.79 Å². The Morgan fingerprint density at radius 1 is 1.56 bits per heavy atom. The average molecular weight is 259 g/mol. The minimum absolute atomic E-state index is 0. The number of amides is 1. The van der Waals surface area contributed by atoms with Gasteiger partial charge in [0.05, 0.1) is 12.1 Å². The number of thioether (sulfide) groups is 1. The summed E-state index contributed by atoms with van der Waals surface area (Å²) < 4.78 is 0. The number of nitrogens with one attached hydrogen (secondary N) is 1. The molecule has 1 aromatic rings.